The number of carboxylic acids is 2. The summed E-state index contributed by atoms with van der Waals surface area (Å²) in [6, 6.07) is 8.90. The van der Waals surface area contributed by atoms with E-state index in [0.29, 0.717) is 5.56 Å². The number of amides is 5. The summed E-state index contributed by atoms with van der Waals surface area (Å²) in [5.41, 5.74) is 14.5. The van der Waals surface area contributed by atoms with Gasteiger partial charge < -0.3 is 52.5 Å². The lowest BCUT2D eigenvalue weighted by Crippen LogP contribution is -2.58. The van der Waals surface area contributed by atoms with Crippen molar-refractivity contribution < 1.29 is 43.8 Å². The summed E-state index contributed by atoms with van der Waals surface area (Å²) < 4.78 is 1.88. The van der Waals surface area contributed by atoms with Crippen molar-refractivity contribution in [2.75, 3.05) is 6.54 Å². The van der Waals surface area contributed by atoms with Crippen LogP contribution in [0.4, 0.5) is 0 Å². The van der Waals surface area contributed by atoms with E-state index in [9.17, 15) is 38.7 Å². The van der Waals surface area contributed by atoms with Crippen molar-refractivity contribution in [3.8, 4) is 0 Å². The maximum Gasteiger partial charge on any atom is 0.322 e. The molecule has 2 aromatic carbocycles. The first-order valence-electron chi connectivity index (χ1n) is 16.0. The number of aromatic nitrogens is 2. The lowest BCUT2D eigenvalue weighted by atomic mass is 10.0. The lowest BCUT2D eigenvalue weighted by molar-refractivity contribution is -0.142. The number of nitrogens with two attached hydrogens (primary N) is 2. The van der Waals surface area contributed by atoms with E-state index in [-0.39, 0.29) is 25.7 Å². The van der Waals surface area contributed by atoms with Crippen LogP contribution in [0.5, 0.6) is 0 Å². The molecule has 4 rings (SSSR count). The highest BCUT2D eigenvalue weighted by Gasteiger charge is 2.32. The van der Waals surface area contributed by atoms with E-state index in [1.165, 1.54) is 0 Å². The summed E-state index contributed by atoms with van der Waals surface area (Å²) in [5.74, 6) is -7.30. The van der Waals surface area contributed by atoms with E-state index < -0.39 is 78.6 Å². The van der Waals surface area contributed by atoms with Crippen molar-refractivity contribution in [1.29, 1.82) is 0 Å². The van der Waals surface area contributed by atoms with Crippen LogP contribution in [-0.2, 0) is 53.5 Å². The molecule has 0 aliphatic rings. The average molecular weight is 705 g/mol. The molecule has 0 unspecified atom stereocenters. The molecule has 2 aromatic heterocycles. The highest BCUT2D eigenvalue weighted by molar-refractivity contribution is 5.97. The highest BCUT2D eigenvalue weighted by Crippen LogP contribution is 2.22. The SMILES string of the molecule is Cn1cc(C[C@H](N)C(=O)N[C@@H](CCC(N)=O)C(=O)N[C@@H](CC(=O)O)C(=O)N[C@@H](Cc2c[nH]c3ccccc23)C(=O)NCC(=O)O)c2ccccc21. The number of nitrogens with zero attached hydrogens (tertiary/aromatic N) is 1. The van der Waals surface area contributed by atoms with Gasteiger partial charge in [0.25, 0.3) is 0 Å². The number of nitrogens with one attached hydrogen (secondary N) is 5. The van der Waals surface area contributed by atoms with Crippen LogP contribution in [0.3, 0.4) is 0 Å². The molecule has 0 bridgehead atoms. The number of fused-ring (bicyclic) bond motifs is 2. The van der Waals surface area contributed by atoms with Crippen molar-refractivity contribution in [3.05, 3.63) is 72.1 Å². The molecule has 17 nitrogen and oxygen atoms in total. The second-order valence-electron chi connectivity index (χ2n) is 12.1. The van der Waals surface area contributed by atoms with Gasteiger partial charge >= 0.3 is 11.9 Å². The zero-order valence-electron chi connectivity index (χ0n) is 27.7. The number of aromatic amines is 1. The molecular weight excluding hydrogens is 664 g/mol. The molecule has 0 radical (unpaired) electrons. The molecule has 51 heavy (non-hydrogen) atoms. The number of aliphatic carboxylic acids is 2. The Kier molecular flexibility index (Phi) is 12.5. The summed E-state index contributed by atoms with van der Waals surface area (Å²) in [6.45, 7) is -0.752. The molecule has 4 aromatic rings. The molecule has 4 atom stereocenters. The first kappa shape index (κ1) is 37.6. The predicted octanol–water partition coefficient (Wildman–Crippen LogP) is -0.832. The molecule has 17 heteroatoms. The number of carbonyl (C=O) groups is 7. The second-order valence-corrected chi connectivity index (χ2v) is 12.1. The Hall–Kier alpha value is -6.23. The number of benzene rings is 2. The third kappa shape index (κ3) is 10.1. The number of carbonyl (C=O) groups excluding carboxylic acids is 5. The Morgan fingerprint density at radius 3 is 2.08 bits per heavy atom. The molecule has 2 heterocycles. The lowest BCUT2D eigenvalue weighted by Gasteiger charge is -2.25. The fourth-order valence-corrected chi connectivity index (χ4v) is 5.70. The summed E-state index contributed by atoms with van der Waals surface area (Å²) in [5, 5.41) is 29.7. The normalized spacial score (nSPS) is 13.5. The van der Waals surface area contributed by atoms with Crippen LogP contribution >= 0.6 is 0 Å². The fraction of sp³-hybridized carbons (Fsp3) is 0.324. The van der Waals surface area contributed by atoms with Crippen molar-refractivity contribution in [2.24, 2.45) is 18.5 Å². The summed E-state index contributed by atoms with van der Waals surface area (Å²) in [4.78, 5) is 90.9. The highest BCUT2D eigenvalue weighted by atomic mass is 16.4. The molecule has 0 saturated heterocycles. The fourth-order valence-electron chi connectivity index (χ4n) is 5.70. The van der Waals surface area contributed by atoms with Crippen LogP contribution in [0.25, 0.3) is 21.8 Å². The summed E-state index contributed by atoms with van der Waals surface area (Å²) in [6.07, 6.45) is 1.86. The molecule has 0 saturated carbocycles. The number of aryl methyl sites for hydroxylation is 1. The van der Waals surface area contributed by atoms with Gasteiger partial charge in [-0.15, -0.1) is 0 Å². The van der Waals surface area contributed by atoms with Crippen LogP contribution < -0.4 is 32.7 Å². The standard InChI is InChI=1S/C34H40N8O9/c1-42-17-19(21-7-3-5-9-27(21)42)12-22(35)31(48)39-24(10-11-28(36)43)33(50)41-26(14-29(44)45)34(51)40-25(32(49)38-16-30(46)47)13-18-15-37-23-8-4-2-6-20(18)23/h2-9,15,17,22,24-26,37H,10-14,16,35H2,1H3,(H2,36,43)(H,38,49)(H,39,48)(H,40,51)(H,41,50)(H,44,45)(H,46,47)/t22-,24-,25-,26-/m0/s1. The topological polar surface area (TPSA) is 281 Å². The molecule has 0 aliphatic carbocycles. The van der Waals surface area contributed by atoms with Gasteiger partial charge in [-0.3, -0.25) is 33.6 Å². The van der Waals surface area contributed by atoms with Gasteiger partial charge in [0.1, 0.15) is 24.7 Å². The summed E-state index contributed by atoms with van der Waals surface area (Å²) in [7, 11) is 1.85. The number of H-pyrrole nitrogens is 1. The van der Waals surface area contributed by atoms with E-state index in [0.717, 1.165) is 27.4 Å². The Bertz CT molecular complexity index is 1950. The molecule has 0 aliphatic heterocycles. The Labute approximate surface area is 291 Å². The minimum atomic E-state index is -1.76. The number of para-hydroxylation sites is 2. The van der Waals surface area contributed by atoms with Gasteiger partial charge in [-0.1, -0.05) is 36.4 Å². The minimum absolute atomic E-state index is 0.100. The van der Waals surface area contributed by atoms with Crippen LogP contribution in [0, 0.1) is 0 Å². The van der Waals surface area contributed by atoms with Crippen LogP contribution in [0.1, 0.15) is 30.4 Å². The van der Waals surface area contributed by atoms with Gasteiger partial charge in [-0.25, -0.2) is 0 Å². The number of primary amides is 1. The molecule has 5 amide bonds. The maximum absolute atomic E-state index is 13.5. The largest absolute Gasteiger partial charge is 0.481 e. The quantitative estimate of drug-likeness (QED) is 0.0620. The zero-order chi connectivity index (χ0) is 37.2. The first-order chi connectivity index (χ1) is 24.2. The van der Waals surface area contributed by atoms with Gasteiger partial charge in [0, 0.05) is 54.1 Å². The molecule has 0 spiro atoms. The third-order valence-corrected chi connectivity index (χ3v) is 8.23. The average Bonchev–Trinajstić information content (AvgIpc) is 3.64. The predicted molar refractivity (Wildman–Crippen MR) is 184 cm³/mol. The van der Waals surface area contributed by atoms with Gasteiger partial charge in [-0.05, 0) is 36.1 Å². The van der Waals surface area contributed by atoms with Gasteiger partial charge in [0.15, 0.2) is 0 Å². The molecule has 270 valence electrons. The van der Waals surface area contributed by atoms with Gasteiger partial charge in [0.05, 0.1) is 12.5 Å². The van der Waals surface area contributed by atoms with Crippen molar-refractivity contribution in [1.82, 2.24) is 30.8 Å². The number of hydrogen-bond donors (Lipinski definition) is 9. The van der Waals surface area contributed by atoms with Crippen molar-refractivity contribution in [3.63, 3.8) is 0 Å². The minimum Gasteiger partial charge on any atom is -0.481 e. The first-order valence-corrected chi connectivity index (χ1v) is 16.0. The van der Waals surface area contributed by atoms with E-state index >= 15 is 0 Å². The van der Waals surface area contributed by atoms with Gasteiger partial charge in [0.2, 0.25) is 29.5 Å². The van der Waals surface area contributed by atoms with Crippen LogP contribution in [-0.4, -0.2) is 92.0 Å². The molecular formula is C34H40N8O9. The maximum atomic E-state index is 13.5. The zero-order valence-corrected chi connectivity index (χ0v) is 27.7. The molecule has 0 fully saturated rings. The van der Waals surface area contributed by atoms with Crippen molar-refractivity contribution in [2.45, 2.75) is 56.3 Å². The smallest absolute Gasteiger partial charge is 0.322 e. The monoisotopic (exact) mass is 704 g/mol. The number of hydrogen-bond acceptors (Lipinski definition) is 8. The summed E-state index contributed by atoms with van der Waals surface area (Å²) >= 11 is 0. The van der Waals surface area contributed by atoms with E-state index in [1.54, 1.807) is 30.5 Å². The Morgan fingerprint density at radius 2 is 1.39 bits per heavy atom. The van der Waals surface area contributed by atoms with E-state index in [2.05, 4.69) is 26.3 Å². The van der Waals surface area contributed by atoms with Crippen LogP contribution in [0.2, 0.25) is 0 Å². The van der Waals surface area contributed by atoms with Gasteiger partial charge in [-0.2, -0.15) is 0 Å². The van der Waals surface area contributed by atoms with Crippen LogP contribution in [0.15, 0.2) is 60.9 Å². The second kappa shape index (κ2) is 16.9. The van der Waals surface area contributed by atoms with E-state index in [4.69, 9.17) is 16.6 Å². The number of carboxylic acid groups (broad SMARTS) is 2. The molecule has 11 N–H and O–H groups in total. The Morgan fingerprint density at radius 1 is 0.765 bits per heavy atom. The number of rotatable bonds is 18. The Balaban J connectivity index is 1.51. The van der Waals surface area contributed by atoms with E-state index in [1.807, 2.05) is 42.1 Å². The third-order valence-electron chi connectivity index (χ3n) is 8.23. The van der Waals surface area contributed by atoms with Crippen molar-refractivity contribution >= 4 is 63.3 Å².